The molecule has 11 heavy (non-hydrogen) atoms. The Morgan fingerprint density at radius 2 is 1.64 bits per heavy atom. The molecule has 0 radical (unpaired) electrons. The summed E-state index contributed by atoms with van der Waals surface area (Å²) in [5, 5.41) is 26.0. The van der Waals surface area contributed by atoms with Crippen molar-refractivity contribution in [1.29, 1.82) is 0 Å². The van der Waals surface area contributed by atoms with Gasteiger partial charge in [0.05, 0.1) is 0 Å². The Labute approximate surface area is 64.5 Å². The highest BCUT2D eigenvalue weighted by atomic mass is 16.5. The van der Waals surface area contributed by atoms with Crippen LogP contribution in [0, 0.1) is 0 Å². The Kier molecular flexibility index (Phi) is 2.46. The first-order valence-electron chi connectivity index (χ1n) is 3.32. The summed E-state index contributed by atoms with van der Waals surface area (Å²) in [5.41, 5.74) is 0.790. The molecule has 0 aromatic heterocycles. The van der Waals surface area contributed by atoms with Gasteiger partial charge in [0.2, 0.25) is 0 Å². The monoisotopic (exact) mass is 154 g/mol. The summed E-state index contributed by atoms with van der Waals surface area (Å²) in [6.07, 6.45) is -1.13. The number of benzene rings is 1. The van der Waals surface area contributed by atoms with Crippen LogP contribution in [0.1, 0.15) is 5.56 Å². The number of aromatic hydroxyl groups is 1. The smallest absolute Gasteiger partial charge is 0.155 e. The molecule has 1 rings (SSSR count). The van der Waals surface area contributed by atoms with Gasteiger partial charge in [0, 0.05) is 6.42 Å². The molecule has 0 aliphatic heterocycles. The van der Waals surface area contributed by atoms with Crippen LogP contribution in [0.15, 0.2) is 24.3 Å². The SMILES string of the molecule is Oc1ccc(CC(O)O)cc1. The van der Waals surface area contributed by atoms with Crippen LogP contribution in [0.4, 0.5) is 0 Å². The molecule has 1 aromatic rings. The lowest BCUT2D eigenvalue weighted by Crippen LogP contribution is -2.07. The highest BCUT2D eigenvalue weighted by Crippen LogP contribution is 2.10. The van der Waals surface area contributed by atoms with Gasteiger partial charge in [0.15, 0.2) is 6.29 Å². The van der Waals surface area contributed by atoms with Crippen molar-refractivity contribution in [2.75, 3.05) is 0 Å². The maximum absolute atomic E-state index is 8.87. The van der Waals surface area contributed by atoms with Crippen molar-refractivity contribution < 1.29 is 15.3 Å². The van der Waals surface area contributed by atoms with Gasteiger partial charge >= 0.3 is 0 Å². The van der Waals surface area contributed by atoms with E-state index in [4.69, 9.17) is 15.3 Å². The predicted octanol–water partition coefficient (Wildman–Crippen LogP) is 0.245. The second-order valence-corrected chi connectivity index (χ2v) is 2.35. The van der Waals surface area contributed by atoms with E-state index in [2.05, 4.69) is 0 Å². The Balaban J connectivity index is 2.66. The summed E-state index contributed by atoms with van der Waals surface area (Å²) in [7, 11) is 0. The zero-order valence-electron chi connectivity index (χ0n) is 5.94. The second kappa shape index (κ2) is 3.37. The van der Waals surface area contributed by atoms with E-state index >= 15 is 0 Å². The van der Waals surface area contributed by atoms with Crippen molar-refractivity contribution in [1.82, 2.24) is 0 Å². The van der Waals surface area contributed by atoms with E-state index in [-0.39, 0.29) is 12.2 Å². The molecule has 1 aromatic carbocycles. The fraction of sp³-hybridized carbons (Fsp3) is 0.250. The Morgan fingerprint density at radius 3 is 2.09 bits per heavy atom. The molecule has 0 amide bonds. The summed E-state index contributed by atoms with van der Waals surface area (Å²) in [4.78, 5) is 0. The lowest BCUT2D eigenvalue weighted by atomic mass is 10.1. The Morgan fingerprint density at radius 1 is 1.09 bits per heavy atom. The molecule has 3 heteroatoms. The van der Waals surface area contributed by atoms with Crippen LogP contribution >= 0.6 is 0 Å². The first kappa shape index (κ1) is 8.04. The summed E-state index contributed by atoms with van der Waals surface area (Å²) in [5.74, 6) is 0.182. The Hall–Kier alpha value is -1.06. The van der Waals surface area contributed by atoms with Crippen molar-refractivity contribution in [3.63, 3.8) is 0 Å². The third-order valence-corrected chi connectivity index (χ3v) is 1.35. The average molecular weight is 154 g/mol. The zero-order chi connectivity index (χ0) is 8.27. The second-order valence-electron chi connectivity index (χ2n) is 2.35. The van der Waals surface area contributed by atoms with E-state index in [1.165, 1.54) is 12.1 Å². The number of hydrogen-bond acceptors (Lipinski definition) is 3. The normalized spacial score (nSPS) is 10.5. The van der Waals surface area contributed by atoms with Crippen LogP contribution in [-0.4, -0.2) is 21.6 Å². The molecule has 0 saturated heterocycles. The average Bonchev–Trinajstić information content (AvgIpc) is 1.93. The highest BCUT2D eigenvalue weighted by molar-refractivity contribution is 5.25. The highest BCUT2D eigenvalue weighted by Gasteiger charge is 1.98. The minimum Gasteiger partial charge on any atom is -0.508 e. The molecular formula is C8H10O3. The fourth-order valence-electron chi connectivity index (χ4n) is 0.843. The fourth-order valence-corrected chi connectivity index (χ4v) is 0.843. The van der Waals surface area contributed by atoms with E-state index in [9.17, 15) is 0 Å². The van der Waals surface area contributed by atoms with Crippen molar-refractivity contribution in [3.05, 3.63) is 29.8 Å². The van der Waals surface area contributed by atoms with Gasteiger partial charge in [-0.1, -0.05) is 12.1 Å². The number of hydrogen-bond donors (Lipinski definition) is 3. The number of aliphatic hydroxyl groups excluding tert-OH is 1. The summed E-state index contributed by atoms with van der Waals surface area (Å²) >= 11 is 0. The van der Waals surface area contributed by atoms with E-state index in [1.54, 1.807) is 12.1 Å². The quantitative estimate of drug-likeness (QED) is 0.535. The van der Waals surface area contributed by atoms with Crippen molar-refractivity contribution in [2.24, 2.45) is 0 Å². The van der Waals surface area contributed by atoms with Gasteiger partial charge in [-0.05, 0) is 17.7 Å². The van der Waals surface area contributed by atoms with Crippen molar-refractivity contribution in [3.8, 4) is 5.75 Å². The standard InChI is InChI=1S/C8H10O3/c9-7-3-1-6(2-4-7)5-8(10)11/h1-4,8-11H,5H2. The lowest BCUT2D eigenvalue weighted by molar-refractivity contribution is -0.0381. The van der Waals surface area contributed by atoms with Crippen molar-refractivity contribution >= 4 is 0 Å². The lowest BCUT2D eigenvalue weighted by Gasteiger charge is -2.02. The molecule has 0 fully saturated rings. The van der Waals surface area contributed by atoms with Crippen LogP contribution in [0.2, 0.25) is 0 Å². The summed E-state index contributed by atoms with van der Waals surface area (Å²) in [6, 6.07) is 6.32. The van der Waals surface area contributed by atoms with Gasteiger partial charge in [-0.3, -0.25) is 0 Å². The summed E-state index contributed by atoms with van der Waals surface area (Å²) < 4.78 is 0. The third kappa shape index (κ3) is 2.57. The molecule has 0 unspecified atom stereocenters. The molecule has 0 atom stereocenters. The molecule has 0 bridgehead atoms. The van der Waals surface area contributed by atoms with E-state index in [1.807, 2.05) is 0 Å². The van der Waals surface area contributed by atoms with Gasteiger partial charge in [0.25, 0.3) is 0 Å². The first-order chi connectivity index (χ1) is 5.18. The van der Waals surface area contributed by atoms with E-state index < -0.39 is 6.29 Å². The third-order valence-electron chi connectivity index (χ3n) is 1.35. The molecule has 0 saturated carbocycles. The number of aliphatic hydroxyl groups is 2. The van der Waals surface area contributed by atoms with Crippen LogP contribution in [0.25, 0.3) is 0 Å². The largest absolute Gasteiger partial charge is 0.508 e. The molecular weight excluding hydrogens is 144 g/mol. The maximum atomic E-state index is 8.87. The number of phenolic OH excluding ortho intramolecular Hbond substituents is 1. The molecule has 3 N–H and O–H groups in total. The van der Waals surface area contributed by atoms with Crippen LogP contribution in [0.5, 0.6) is 5.75 Å². The number of phenols is 1. The van der Waals surface area contributed by atoms with Gasteiger partial charge in [-0.25, -0.2) is 0 Å². The van der Waals surface area contributed by atoms with Crippen LogP contribution in [0.3, 0.4) is 0 Å². The van der Waals surface area contributed by atoms with Gasteiger partial charge in [0.1, 0.15) is 5.75 Å². The Bertz CT molecular complexity index is 215. The van der Waals surface area contributed by atoms with E-state index in [0.29, 0.717) is 0 Å². The topological polar surface area (TPSA) is 60.7 Å². The molecule has 60 valence electrons. The van der Waals surface area contributed by atoms with Crippen molar-refractivity contribution in [2.45, 2.75) is 12.7 Å². The molecule has 0 aliphatic rings. The maximum Gasteiger partial charge on any atom is 0.155 e. The van der Waals surface area contributed by atoms with Gasteiger partial charge in [-0.2, -0.15) is 0 Å². The summed E-state index contributed by atoms with van der Waals surface area (Å²) in [6.45, 7) is 0. The van der Waals surface area contributed by atoms with Crippen LogP contribution in [-0.2, 0) is 6.42 Å². The van der Waals surface area contributed by atoms with Gasteiger partial charge in [-0.15, -0.1) is 0 Å². The molecule has 3 nitrogen and oxygen atoms in total. The zero-order valence-corrected chi connectivity index (χ0v) is 5.94. The van der Waals surface area contributed by atoms with Gasteiger partial charge < -0.3 is 15.3 Å². The van der Waals surface area contributed by atoms with E-state index in [0.717, 1.165) is 5.56 Å². The minimum atomic E-state index is -1.32. The molecule has 0 heterocycles. The molecule has 0 aliphatic carbocycles. The predicted molar refractivity (Wildman–Crippen MR) is 40.0 cm³/mol. The first-order valence-corrected chi connectivity index (χ1v) is 3.32. The molecule has 0 spiro atoms. The van der Waals surface area contributed by atoms with Crippen LogP contribution < -0.4 is 0 Å². The minimum absolute atomic E-state index is 0.182. The number of rotatable bonds is 2.